The molecule has 0 bridgehead atoms. The van der Waals surface area contributed by atoms with Crippen LogP contribution in [0.4, 0.5) is 5.95 Å². The van der Waals surface area contributed by atoms with Gasteiger partial charge in [0.05, 0.1) is 11.8 Å². The van der Waals surface area contributed by atoms with Crippen molar-refractivity contribution in [2.75, 3.05) is 11.9 Å². The average molecular weight is 276 g/mol. The summed E-state index contributed by atoms with van der Waals surface area (Å²) in [6.07, 6.45) is 2.80. The van der Waals surface area contributed by atoms with Gasteiger partial charge < -0.3 is 10.1 Å². The van der Waals surface area contributed by atoms with Gasteiger partial charge in [0, 0.05) is 12.7 Å². The van der Waals surface area contributed by atoms with Crippen molar-refractivity contribution in [3.05, 3.63) is 18.0 Å². The Balaban J connectivity index is 2.34. The fourth-order valence-electron chi connectivity index (χ4n) is 1.55. The Morgan fingerprint density at radius 2 is 2.10 bits per heavy atom. The van der Waals surface area contributed by atoms with Gasteiger partial charge in [0.15, 0.2) is 0 Å². The Morgan fingerprint density at radius 3 is 2.70 bits per heavy atom. The zero-order valence-corrected chi connectivity index (χ0v) is 12.3. The van der Waals surface area contributed by atoms with Gasteiger partial charge >= 0.3 is 6.01 Å². The van der Waals surface area contributed by atoms with E-state index in [0.717, 1.165) is 18.7 Å². The molecular formula is C13H20N6O. The van der Waals surface area contributed by atoms with Crippen molar-refractivity contribution in [3.63, 3.8) is 0 Å². The molecule has 0 saturated carbocycles. The normalized spacial score (nSPS) is 10.8. The monoisotopic (exact) mass is 276 g/mol. The van der Waals surface area contributed by atoms with Crippen LogP contribution in [0.25, 0.3) is 5.95 Å². The summed E-state index contributed by atoms with van der Waals surface area (Å²) < 4.78 is 7.17. The Hall–Kier alpha value is -2.18. The number of rotatable bonds is 6. The van der Waals surface area contributed by atoms with Crippen molar-refractivity contribution in [2.24, 2.45) is 0 Å². The highest BCUT2D eigenvalue weighted by Crippen LogP contribution is 2.12. The minimum atomic E-state index is 0.00336. The minimum Gasteiger partial charge on any atom is -0.461 e. The second-order valence-corrected chi connectivity index (χ2v) is 4.74. The highest BCUT2D eigenvalue weighted by molar-refractivity contribution is 5.30. The quantitative estimate of drug-likeness (QED) is 0.869. The van der Waals surface area contributed by atoms with Crippen molar-refractivity contribution >= 4 is 5.95 Å². The van der Waals surface area contributed by atoms with Gasteiger partial charge in [-0.25, -0.2) is 4.68 Å². The van der Waals surface area contributed by atoms with Crippen molar-refractivity contribution in [2.45, 2.75) is 40.2 Å². The molecule has 2 rings (SSSR count). The average Bonchev–Trinajstić information content (AvgIpc) is 2.82. The third-order valence-corrected chi connectivity index (χ3v) is 2.40. The number of hydrogen-bond donors (Lipinski definition) is 1. The molecule has 0 radical (unpaired) electrons. The van der Waals surface area contributed by atoms with E-state index >= 15 is 0 Å². The van der Waals surface area contributed by atoms with E-state index in [-0.39, 0.29) is 6.10 Å². The predicted molar refractivity (Wildman–Crippen MR) is 76.2 cm³/mol. The summed E-state index contributed by atoms with van der Waals surface area (Å²) >= 11 is 0. The Morgan fingerprint density at radius 1 is 1.30 bits per heavy atom. The lowest BCUT2D eigenvalue weighted by molar-refractivity contribution is 0.221. The molecule has 7 nitrogen and oxygen atoms in total. The predicted octanol–water partition coefficient (Wildman–Crippen LogP) is 1.97. The molecule has 108 valence electrons. The van der Waals surface area contributed by atoms with E-state index in [9.17, 15) is 0 Å². The molecule has 20 heavy (non-hydrogen) atoms. The summed E-state index contributed by atoms with van der Waals surface area (Å²) in [5, 5.41) is 7.44. The van der Waals surface area contributed by atoms with Crippen LogP contribution in [0.3, 0.4) is 0 Å². The summed E-state index contributed by atoms with van der Waals surface area (Å²) in [5.41, 5.74) is 0.903. The van der Waals surface area contributed by atoms with E-state index in [0.29, 0.717) is 17.9 Å². The Kier molecular flexibility index (Phi) is 4.49. The number of aromatic nitrogens is 5. The Bertz CT molecular complexity index is 566. The first-order chi connectivity index (χ1) is 9.58. The molecule has 0 saturated heterocycles. The van der Waals surface area contributed by atoms with Crippen molar-refractivity contribution in [1.82, 2.24) is 24.7 Å². The molecule has 0 atom stereocenters. The molecule has 0 aromatic carbocycles. The molecule has 0 fully saturated rings. The largest absolute Gasteiger partial charge is 0.461 e. The van der Waals surface area contributed by atoms with E-state index in [1.165, 1.54) is 0 Å². The minimum absolute atomic E-state index is 0.00336. The zero-order chi connectivity index (χ0) is 14.5. The lowest BCUT2D eigenvalue weighted by atomic mass is 10.5. The van der Waals surface area contributed by atoms with Gasteiger partial charge in [-0.2, -0.15) is 20.1 Å². The number of hydrogen-bond acceptors (Lipinski definition) is 6. The smallest absolute Gasteiger partial charge is 0.323 e. The van der Waals surface area contributed by atoms with E-state index in [1.54, 1.807) is 4.68 Å². The molecule has 2 aromatic heterocycles. The first-order valence-corrected chi connectivity index (χ1v) is 6.77. The molecule has 7 heteroatoms. The van der Waals surface area contributed by atoms with Crippen LogP contribution in [0.1, 0.15) is 32.9 Å². The molecule has 0 aliphatic heterocycles. The summed E-state index contributed by atoms with van der Waals surface area (Å²) in [4.78, 5) is 12.9. The summed E-state index contributed by atoms with van der Waals surface area (Å²) in [7, 11) is 0. The van der Waals surface area contributed by atoms with Crippen molar-refractivity contribution in [1.29, 1.82) is 0 Å². The SMILES string of the molecule is CCCNc1nc(OC(C)C)nc(-n2ccc(C)n2)n1. The Labute approximate surface area is 118 Å². The molecule has 0 amide bonds. The number of anilines is 1. The number of ether oxygens (including phenoxy) is 1. The van der Waals surface area contributed by atoms with E-state index < -0.39 is 0 Å². The molecule has 2 aromatic rings. The maximum absolute atomic E-state index is 5.56. The maximum atomic E-state index is 5.56. The van der Waals surface area contributed by atoms with Crippen LogP contribution in [0, 0.1) is 6.92 Å². The fraction of sp³-hybridized carbons (Fsp3) is 0.538. The second kappa shape index (κ2) is 6.31. The lowest BCUT2D eigenvalue weighted by Crippen LogP contribution is -2.14. The van der Waals surface area contributed by atoms with E-state index in [1.807, 2.05) is 33.0 Å². The first-order valence-electron chi connectivity index (χ1n) is 6.77. The van der Waals surface area contributed by atoms with Crippen LogP contribution in [0.15, 0.2) is 12.3 Å². The van der Waals surface area contributed by atoms with Crippen molar-refractivity contribution in [3.8, 4) is 12.0 Å². The molecule has 2 heterocycles. The van der Waals surface area contributed by atoms with Crippen LogP contribution in [-0.2, 0) is 0 Å². The van der Waals surface area contributed by atoms with E-state index in [4.69, 9.17) is 4.74 Å². The molecule has 0 spiro atoms. The topological polar surface area (TPSA) is 77.8 Å². The number of nitrogens with one attached hydrogen (secondary N) is 1. The highest BCUT2D eigenvalue weighted by Gasteiger charge is 2.11. The summed E-state index contributed by atoms with van der Waals surface area (Å²) in [6, 6.07) is 2.20. The lowest BCUT2D eigenvalue weighted by Gasteiger charge is -2.11. The van der Waals surface area contributed by atoms with E-state index in [2.05, 4.69) is 32.3 Å². The second-order valence-electron chi connectivity index (χ2n) is 4.74. The van der Waals surface area contributed by atoms with Gasteiger partial charge in [0.25, 0.3) is 5.95 Å². The number of nitrogens with zero attached hydrogens (tertiary/aromatic N) is 5. The molecule has 0 unspecified atom stereocenters. The van der Waals surface area contributed by atoms with Crippen molar-refractivity contribution < 1.29 is 4.74 Å². The summed E-state index contributed by atoms with van der Waals surface area (Å²) in [6.45, 7) is 8.65. The zero-order valence-electron chi connectivity index (χ0n) is 12.3. The third kappa shape index (κ3) is 3.66. The van der Waals surface area contributed by atoms with Crippen LogP contribution in [-0.4, -0.2) is 37.4 Å². The van der Waals surface area contributed by atoms with Crippen LogP contribution < -0.4 is 10.1 Å². The van der Waals surface area contributed by atoms with Gasteiger partial charge in [0.1, 0.15) is 0 Å². The molecule has 0 aliphatic rings. The third-order valence-electron chi connectivity index (χ3n) is 2.40. The standard InChI is InChI=1S/C13H20N6O/c1-5-7-14-11-15-12(19-8-6-10(4)18-19)17-13(16-11)20-9(2)3/h6,8-9H,5,7H2,1-4H3,(H,14,15,16,17). The number of aryl methyl sites for hydroxylation is 1. The first kappa shape index (κ1) is 14.2. The fourth-order valence-corrected chi connectivity index (χ4v) is 1.55. The summed E-state index contributed by atoms with van der Waals surface area (Å²) in [5.74, 6) is 0.947. The molecule has 0 aliphatic carbocycles. The van der Waals surface area contributed by atoms with Gasteiger partial charge in [-0.05, 0) is 33.3 Å². The maximum Gasteiger partial charge on any atom is 0.323 e. The van der Waals surface area contributed by atoms with Gasteiger partial charge in [0.2, 0.25) is 5.95 Å². The van der Waals surface area contributed by atoms with Crippen LogP contribution in [0.5, 0.6) is 6.01 Å². The van der Waals surface area contributed by atoms with Gasteiger partial charge in [-0.3, -0.25) is 0 Å². The van der Waals surface area contributed by atoms with Gasteiger partial charge in [-0.1, -0.05) is 6.92 Å². The molecule has 1 N–H and O–H groups in total. The van der Waals surface area contributed by atoms with Gasteiger partial charge in [-0.15, -0.1) is 0 Å². The highest BCUT2D eigenvalue weighted by atomic mass is 16.5. The van der Waals surface area contributed by atoms with Crippen LogP contribution in [0.2, 0.25) is 0 Å². The molecular weight excluding hydrogens is 256 g/mol. The van der Waals surface area contributed by atoms with Crippen LogP contribution >= 0.6 is 0 Å².